The van der Waals surface area contributed by atoms with Crippen molar-refractivity contribution < 1.29 is 9.59 Å². The molecule has 1 atom stereocenters. The summed E-state index contributed by atoms with van der Waals surface area (Å²) in [6, 6.07) is 13.0. The van der Waals surface area contributed by atoms with Crippen molar-refractivity contribution in [3.05, 3.63) is 69.2 Å². The first-order chi connectivity index (χ1) is 14.6. The van der Waals surface area contributed by atoms with E-state index in [-0.39, 0.29) is 23.8 Å². The van der Waals surface area contributed by atoms with E-state index in [1.165, 1.54) is 5.56 Å². The quantitative estimate of drug-likeness (QED) is 0.540. The van der Waals surface area contributed by atoms with Gasteiger partial charge in [0.2, 0.25) is 11.8 Å². The number of carbonyl (C=O) groups is 2. The first-order valence-electron chi connectivity index (χ1n) is 10.6. The predicted octanol–water partition coefficient (Wildman–Crippen LogP) is 5.78. The molecule has 1 unspecified atom stereocenters. The fourth-order valence-corrected chi connectivity index (χ4v) is 4.02. The highest BCUT2D eigenvalue weighted by Gasteiger charge is 2.29. The van der Waals surface area contributed by atoms with Gasteiger partial charge in [-0.1, -0.05) is 81.2 Å². The molecule has 0 fully saturated rings. The lowest BCUT2D eigenvalue weighted by Crippen LogP contribution is -2.48. The fraction of sp³-hybridized carbons (Fsp3) is 0.440. The molecular formula is C25H32Cl2N2O2. The number of halogens is 2. The SMILES string of the molecule is CCC(C(=O)NC)N(Cc1c(Cl)cccc1Cl)C(=O)CCc1ccc(C(C)(C)C)cc1. The lowest BCUT2D eigenvalue weighted by molar-refractivity contribution is -0.141. The van der Waals surface area contributed by atoms with E-state index < -0.39 is 6.04 Å². The van der Waals surface area contributed by atoms with E-state index in [1.807, 2.05) is 6.92 Å². The molecule has 0 saturated carbocycles. The monoisotopic (exact) mass is 462 g/mol. The minimum Gasteiger partial charge on any atom is -0.357 e. The molecule has 0 aromatic heterocycles. The number of hydrogen-bond acceptors (Lipinski definition) is 2. The van der Waals surface area contributed by atoms with Gasteiger partial charge in [-0.3, -0.25) is 9.59 Å². The van der Waals surface area contributed by atoms with Gasteiger partial charge in [-0.25, -0.2) is 0 Å². The molecular weight excluding hydrogens is 431 g/mol. The Hall–Kier alpha value is -2.04. The standard InChI is InChI=1S/C25H32Cl2N2O2/c1-6-22(24(31)28-5)29(16-19-20(26)8-7-9-21(19)27)23(30)15-12-17-10-13-18(14-11-17)25(2,3)4/h7-11,13-14,22H,6,12,15-16H2,1-5H3,(H,28,31). The van der Waals surface area contributed by atoms with E-state index in [0.29, 0.717) is 34.9 Å². The number of aryl methyl sites for hydroxylation is 1. The summed E-state index contributed by atoms with van der Waals surface area (Å²) < 4.78 is 0. The molecule has 0 aliphatic heterocycles. The molecule has 2 aromatic rings. The van der Waals surface area contributed by atoms with Crippen LogP contribution in [0, 0.1) is 0 Å². The summed E-state index contributed by atoms with van der Waals surface area (Å²) in [5.41, 5.74) is 3.07. The number of rotatable bonds is 8. The van der Waals surface area contributed by atoms with E-state index in [2.05, 4.69) is 50.4 Å². The Labute approximate surface area is 195 Å². The van der Waals surface area contributed by atoms with Gasteiger partial charge in [0.1, 0.15) is 6.04 Å². The molecule has 0 heterocycles. The molecule has 2 rings (SSSR count). The molecule has 1 N–H and O–H groups in total. The highest BCUT2D eigenvalue weighted by atomic mass is 35.5. The van der Waals surface area contributed by atoms with Crippen molar-refractivity contribution in [1.82, 2.24) is 10.2 Å². The van der Waals surface area contributed by atoms with Gasteiger partial charge in [0.05, 0.1) is 0 Å². The van der Waals surface area contributed by atoms with Crippen LogP contribution in [-0.4, -0.2) is 29.8 Å². The Kier molecular flexibility index (Phi) is 8.96. The topological polar surface area (TPSA) is 49.4 Å². The molecule has 168 valence electrons. The summed E-state index contributed by atoms with van der Waals surface area (Å²) in [6.45, 7) is 8.60. The zero-order chi connectivity index (χ0) is 23.2. The van der Waals surface area contributed by atoms with Crippen molar-refractivity contribution in [2.24, 2.45) is 0 Å². The summed E-state index contributed by atoms with van der Waals surface area (Å²) in [7, 11) is 1.58. The highest BCUT2D eigenvalue weighted by Crippen LogP contribution is 2.27. The third-order valence-corrected chi connectivity index (χ3v) is 6.18. The van der Waals surface area contributed by atoms with Crippen molar-refractivity contribution in [2.45, 2.75) is 65.0 Å². The van der Waals surface area contributed by atoms with Gasteiger partial charge < -0.3 is 10.2 Å². The second-order valence-corrected chi connectivity index (χ2v) is 9.52. The average molecular weight is 463 g/mol. The minimum atomic E-state index is -0.590. The van der Waals surface area contributed by atoms with Crippen molar-refractivity contribution in [1.29, 1.82) is 0 Å². The Balaban J connectivity index is 2.22. The number of nitrogens with zero attached hydrogens (tertiary/aromatic N) is 1. The Morgan fingerprint density at radius 2 is 1.61 bits per heavy atom. The Morgan fingerprint density at radius 1 is 1.03 bits per heavy atom. The number of carbonyl (C=O) groups excluding carboxylic acids is 2. The van der Waals surface area contributed by atoms with Crippen LogP contribution in [0.4, 0.5) is 0 Å². The summed E-state index contributed by atoms with van der Waals surface area (Å²) in [4.78, 5) is 27.3. The number of likely N-dealkylation sites (N-methyl/N-ethyl adjacent to an activating group) is 1. The summed E-state index contributed by atoms with van der Waals surface area (Å²) in [6.07, 6.45) is 1.39. The third-order valence-electron chi connectivity index (χ3n) is 5.47. The van der Waals surface area contributed by atoms with Crippen molar-refractivity contribution >= 4 is 35.0 Å². The van der Waals surface area contributed by atoms with E-state index in [9.17, 15) is 9.59 Å². The lowest BCUT2D eigenvalue weighted by Gasteiger charge is -2.31. The van der Waals surface area contributed by atoms with Gasteiger partial charge in [-0.15, -0.1) is 0 Å². The first kappa shape index (κ1) is 25.2. The van der Waals surface area contributed by atoms with Gasteiger partial charge in [0, 0.05) is 35.6 Å². The molecule has 6 heteroatoms. The normalized spacial score (nSPS) is 12.4. The maximum Gasteiger partial charge on any atom is 0.242 e. The Morgan fingerprint density at radius 3 is 2.10 bits per heavy atom. The van der Waals surface area contributed by atoms with E-state index >= 15 is 0 Å². The largest absolute Gasteiger partial charge is 0.357 e. The van der Waals surface area contributed by atoms with Crippen LogP contribution in [0.15, 0.2) is 42.5 Å². The number of benzene rings is 2. The molecule has 2 amide bonds. The van der Waals surface area contributed by atoms with Crippen molar-refractivity contribution in [3.63, 3.8) is 0 Å². The van der Waals surface area contributed by atoms with Crippen molar-refractivity contribution in [3.8, 4) is 0 Å². The van der Waals surface area contributed by atoms with E-state index in [0.717, 1.165) is 5.56 Å². The average Bonchev–Trinajstić information content (AvgIpc) is 2.73. The molecule has 0 aliphatic carbocycles. The van der Waals surface area contributed by atoms with E-state index in [1.54, 1.807) is 30.1 Å². The van der Waals surface area contributed by atoms with Crippen LogP contribution in [0.5, 0.6) is 0 Å². The van der Waals surface area contributed by atoms with Crippen LogP contribution in [0.25, 0.3) is 0 Å². The van der Waals surface area contributed by atoms with Gasteiger partial charge >= 0.3 is 0 Å². The number of amides is 2. The van der Waals surface area contributed by atoms with Crippen LogP contribution >= 0.6 is 23.2 Å². The molecule has 0 aliphatic rings. The summed E-state index contributed by atoms with van der Waals surface area (Å²) >= 11 is 12.7. The molecule has 2 aromatic carbocycles. The molecule has 31 heavy (non-hydrogen) atoms. The molecule has 0 radical (unpaired) electrons. The summed E-state index contributed by atoms with van der Waals surface area (Å²) in [5, 5.41) is 3.62. The maximum atomic E-state index is 13.3. The van der Waals surface area contributed by atoms with Crippen molar-refractivity contribution in [2.75, 3.05) is 7.05 Å². The highest BCUT2D eigenvalue weighted by molar-refractivity contribution is 6.36. The first-order valence-corrected chi connectivity index (χ1v) is 11.4. The molecule has 0 spiro atoms. The van der Waals surface area contributed by atoms with E-state index in [4.69, 9.17) is 23.2 Å². The van der Waals surface area contributed by atoms with Crippen LogP contribution in [0.1, 0.15) is 57.2 Å². The van der Waals surface area contributed by atoms with Crippen LogP contribution < -0.4 is 5.32 Å². The van der Waals surface area contributed by atoms with Crippen LogP contribution in [0.3, 0.4) is 0 Å². The molecule has 0 saturated heterocycles. The number of nitrogens with one attached hydrogen (secondary N) is 1. The molecule has 0 bridgehead atoms. The van der Waals surface area contributed by atoms with Gasteiger partial charge in [-0.2, -0.15) is 0 Å². The fourth-order valence-electron chi connectivity index (χ4n) is 3.51. The van der Waals surface area contributed by atoms with Gasteiger partial charge in [-0.05, 0) is 41.5 Å². The predicted molar refractivity (Wildman–Crippen MR) is 129 cm³/mol. The third kappa shape index (κ3) is 6.72. The second-order valence-electron chi connectivity index (χ2n) is 8.71. The Bertz CT molecular complexity index is 884. The van der Waals surface area contributed by atoms with Gasteiger partial charge in [0.25, 0.3) is 0 Å². The summed E-state index contributed by atoms with van der Waals surface area (Å²) in [5.74, 6) is -0.306. The molecule has 4 nitrogen and oxygen atoms in total. The zero-order valence-electron chi connectivity index (χ0n) is 19.0. The smallest absolute Gasteiger partial charge is 0.242 e. The van der Waals surface area contributed by atoms with Crippen LogP contribution in [-0.2, 0) is 28.0 Å². The maximum absolute atomic E-state index is 13.3. The van der Waals surface area contributed by atoms with Crippen LogP contribution in [0.2, 0.25) is 10.0 Å². The minimum absolute atomic E-state index is 0.0846. The second kappa shape index (κ2) is 11.0. The number of hydrogen-bond donors (Lipinski definition) is 1. The van der Waals surface area contributed by atoms with Gasteiger partial charge in [0.15, 0.2) is 0 Å². The lowest BCUT2D eigenvalue weighted by atomic mass is 9.86. The zero-order valence-corrected chi connectivity index (χ0v) is 20.5.